The van der Waals surface area contributed by atoms with Crippen molar-refractivity contribution < 1.29 is 4.74 Å². The summed E-state index contributed by atoms with van der Waals surface area (Å²) in [4.78, 5) is 8.86. The highest BCUT2D eigenvalue weighted by Gasteiger charge is 2.02. The molecule has 5 heteroatoms. The summed E-state index contributed by atoms with van der Waals surface area (Å²) in [5.41, 5.74) is 3.18. The molecule has 0 aliphatic heterocycles. The van der Waals surface area contributed by atoms with Crippen LogP contribution in [0.15, 0.2) is 30.3 Å². The smallest absolute Gasteiger partial charge is 0.224 e. The molecule has 0 radical (unpaired) electrons. The van der Waals surface area contributed by atoms with Crippen molar-refractivity contribution in [2.75, 3.05) is 30.9 Å². The molecule has 0 unspecified atom stereocenters. The van der Waals surface area contributed by atoms with Crippen molar-refractivity contribution >= 4 is 17.5 Å². The molecule has 0 aliphatic carbocycles. The quantitative estimate of drug-likeness (QED) is 0.765. The molecule has 1 aromatic heterocycles. The number of nitrogens with one attached hydrogen (secondary N) is 2. The van der Waals surface area contributed by atoms with E-state index < -0.39 is 0 Å². The first-order valence-corrected chi connectivity index (χ1v) is 7.09. The molecule has 0 aliphatic rings. The zero-order chi connectivity index (χ0) is 15.1. The zero-order valence-corrected chi connectivity index (χ0v) is 12.8. The number of anilines is 3. The van der Waals surface area contributed by atoms with Crippen LogP contribution in [0, 0.1) is 13.8 Å². The van der Waals surface area contributed by atoms with Crippen molar-refractivity contribution in [3.05, 3.63) is 41.6 Å². The number of rotatable bonds is 7. The Morgan fingerprint density at radius 2 is 1.86 bits per heavy atom. The average molecular weight is 286 g/mol. The van der Waals surface area contributed by atoms with Gasteiger partial charge in [0.25, 0.3) is 0 Å². The Morgan fingerprint density at radius 3 is 2.57 bits per heavy atom. The number of nitrogens with zero attached hydrogens (tertiary/aromatic N) is 2. The number of aromatic nitrogens is 2. The van der Waals surface area contributed by atoms with Crippen LogP contribution in [0.4, 0.5) is 17.5 Å². The Labute approximate surface area is 125 Å². The topological polar surface area (TPSA) is 59.1 Å². The lowest BCUT2D eigenvalue weighted by Crippen LogP contribution is -2.09. The van der Waals surface area contributed by atoms with Crippen LogP contribution in [-0.2, 0) is 4.74 Å². The maximum absolute atomic E-state index is 5.02. The molecule has 0 atom stereocenters. The van der Waals surface area contributed by atoms with Crippen LogP contribution in [0.1, 0.15) is 17.7 Å². The highest BCUT2D eigenvalue weighted by Crippen LogP contribution is 2.17. The van der Waals surface area contributed by atoms with Crippen LogP contribution in [0.2, 0.25) is 0 Å². The lowest BCUT2D eigenvalue weighted by molar-refractivity contribution is 0.197. The highest BCUT2D eigenvalue weighted by atomic mass is 16.5. The third-order valence-electron chi connectivity index (χ3n) is 2.99. The first-order chi connectivity index (χ1) is 10.2. The summed E-state index contributed by atoms with van der Waals surface area (Å²) in [7, 11) is 1.70. The van der Waals surface area contributed by atoms with Gasteiger partial charge in [-0.3, -0.25) is 0 Å². The second kappa shape index (κ2) is 7.59. The van der Waals surface area contributed by atoms with Gasteiger partial charge >= 0.3 is 0 Å². The predicted octanol–water partition coefficient (Wildman–Crippen LogP) is 3.29. The third-order valence-corrected chi connectivity index (χ3v) is 2.99. The molecule has 112 valence electrons. The molecular weight excluding hydrogens is 264 g/mol. The molecule has 0 saturated carbocycles. The van der Waals surface area contributed by atoms with Gasteiger partial charge in [0.2, 0.25) is 5.95 Å². The van der Waals surface area contributed by atoms with Crippen LogP contribution in [0.3, 0.4) is 0 Å². The minimum Gasteiger partial charge on any atom is -0.385 e. The molecular formula is C16H22N4O. The van der Waals surface area contributed by atoms with E-state index in [1.54, 1.807) is 7.11 Å². The Bertz CT molecular complexity index is 569. The lowest BCUT2D eigenvalue weighted by Gasteiger charge is -2.10. The molecule has 2 rings (SSSR count). The largest absolute Gasteiger partial charge is 0.385 e. The van der Waals surface area contributed by atoms with Crippen LogP contribution < -0.4 is 10.6 Å². The van der Waals surface area contributed by atoms with E-state index in [1.807, 2.05) is 25.1 Å². The minimum absolute atomic E-state index is 0.640. The number of hydrogen-bond acceptors (Lipinski definition) is 5. The van der Waals surface area contributed by atoms with Gasteiger partial charge in [-0.15, -0.1) is 0 Å². The van der Waals surface area contributed by atoms with Crippen LogP contribution in [-0.4, -0.2) is 30.2 Å². The van der Waals surface area contributed by atoms with E-state index in [4.69, 9.17) is 4.74 Å². The molecule has 21 heavy (non-hydrogen) atoms. The average Bonchev–Trinajstić information content (AvgIpc) is 2.46. The SMILES string of the molecule is COCCCNc1nc(C)cc(Nc2ccc(C)cc2)n1. The Kier molecular flexibility index (Phi) is 5.51. The molecule has 5 nitrogen and oxygen atoms in total. The fourth-order valence-electron chi connectivity index (χ4n) is 1.91. The number of hydrogen-bond donors (Lipinski definition) is 2. The Morgan fingerprint density at radius 1 is 1.10 bits per heavy atom. The summed E-state index contributed by atoms with van der Waals surface area (Å²) < 4.78 is 5.02. The van der Waals surface area contributed by atoms with E-state index in [-0.39, 0.29) is 0 Å². The number of methoxy groups -OCH3 is 1. The maximum Gasteiger partial charge on any atom is 0.224 e. The van der Waals surface area contributed by atoms with Crippen molar-refractivity contribution in [1.82, 2.24) is 9.97 Å². The van der Waals surface area contributed by atoms with Crippen LogP contribution >= 0.6 is 0 Å². The third kappa shape index (κ3) is 5.04. The summed E-state index contributed by atoms with van der Waals surface area (Å²) in [6, 6.07) is 10.2. The van der Waals surface area contributed by atoms with Gasteiger partial charge in [0.05, 0.1) is 0 Å². The van der Waals surface area contributed by atoms with Gasteiger partial charge in [-0.2, -0.15) is 4.98 Å². The van der Waals surface area contributed by atoms with Crippen molar-refractivity contribution in [2.24, 2.45) is 0 Å². The molecule has 0 amide bonds. The molecule has 2 N–H and O–H groups in total. The maximum atomic E-state index is 5.02. The molecule has 1 heterocycles. The second-order valence-corrected chi connectivity index (χ2v) is 4.98. The van der Waals surface area contributed by atoms with Gasteiger partial charge in [0.1, 0.15) is 5.82 Å². The van der Waals surface area contributed by atoms with E-state index in [9.17, 15) is 0 Å². The van der Waals surface area contributed by atoms with Gasteiger partial charge in [-0.25, -0.2) is 4.98 Å². The van der Waals surface area contributed by atoms with Crippen molar-refractivity contribution in [2.45, 2.75) is 20.3 Å². The predicted molar refractivity (Wildman–Crippen MR) is 86.2 cm³/mol. The van der Waals surface area contributed by atoms with E-state index in [2.05, 4.69) is 39.7 Å². The van der Waals surface area contributed by atoms with E-state index in [0.717, 1.165) is 36.8 Å². The summed E-state index contributed by atoms with van der Waals surface area (Å²) >= 11 is 0. The Hall–Kier alpha value is -2.14. The second-order valence-electron chi connectivity index (χ2n) is 4.98. The van der Waals surface area contributed by atoms with Crippen LogP contribution in [0.5, 0.6) is 0 Å². The van der Waals surface area contributed by atoms with Gasteiger partial charge in [0, 0.05) is 37.7 Å². The lowest BCUT2D eigenvalue weighted by atomic mass is 10.2. The molecule has 0 saturated heterocycles. The van der Waals surface area contributed by atoms with Gasteiger partial charge in [0.15, 0.2) is 0 Å². The number of aryl methyl sites for hydroxylation is 2. The molecule has 1 aromatic carbocycles. The molecule has 0 spiro atoms. The van der Waals surface area contributed by atoms with Crippen molar-refractivity contribution in [3.63, 3.8) is 0 Å². The van der Waals surface area contributed by atoms with E-state index >= 15 is 0 Å². The summed E-state index contributed by atoms with van der Waals surface area (Å²) in [5, 5.41) is 6.51. The monoisotopic (exact) mass is 286 g/mol. The fourth-order valence-corrected chi connectivity index (χ4v) is 1.91. The van der Waals surface area contributed by atoms with E-state index in [0.29, 0.717) is 5.95 Å². The minimum atomic E-state index is 0.640. The molecule has 0 bridgehead atoms. The summed E-state index contributed by atoms with van der Waals surface area (Å²) in [6.45, 7) is 5.55. The van der Waals surface area contributed by atoms with Crippen LogP contribution in [0.25, 0.3) is 0 Å². The number of benzene rings is 1. The first kappa shape index (κ1) is 15.3. The summed E-state index contributed by atoms with van der Waals surface area (Å²) in [5.74, 6) is 1.43. The zero-order valence-electron chi connectivity index (χ0n) is 12.8. The van der Waals surface area contributed by atoms with Crippen molar-refractivity contribution in [3.8, 4) is 0 Å². The van der Waals surface area contributed by atoms with Gasteiger partial charge in [-0.1, -0.05) is 17.7 Å². The fraction of sp³-hybridized carbons (Fsp3) is 0.375. The molecule has 2 aromatic rings. The summed E-state index contributed by atoms with van der Waals surface area (Å²) in [6.07, 6.45) is 0.925. The number of ether oxygens (including phenoxy) is 1. The van der Waals surface area contributed by atoms with Gasteiger partial charge in [-0.05, 0) is 32.4 Å². The normalized spacial score (nSPS) is 10.4. The van der Waals surface area contributed by atoms with Gasteiger partial charge < -0.3 is 15.4 Å². The van der Waals surface area contributed by atoms with E-state index in [1.165, 1.54) is 5.56 Å². The van der Waals surface area contributed by atoms with Crippen molar-refractivity contribution in [1.29, 1.82) is 0 Å². The Balaban J connectivity index is 2.02. The first-order valence-electron chi connectivity index (χ1n) is 7.09. The standard InChI is InChI=1S/C16H22N4O/c1-12-5-7-14(8-6-12)19-15-11-13(2)18-16(20-15)17-9-4-10-21-3/h5-8,11H,4,9-10H2,1-3H3,(H2,17,18,19,20). The highest BCUT2D eigenvalue weighted by molar-refractivity contribution is 5.57. The molecule has 0 fully saturated rings.